The molecule has 1 atom stereocenters. The molecule has 0 radical (unpaired) electrons. The summed E-state index contributed by atoms with van der Waals surface area (Å²) < 4.78 is 2.40. The first kappa shape index (κ1) is 21.2. The van der Waals surface area contributed by atoms with Gasteiger partial charge in [-0.05, 0) is 30.7 Å². The van der Waals surface area contributed by atoms with E-state index in [1.807, 2.05) is 19.1 Å². The predicted octanol–water partition coefficient (Wildman–Crippen LogP) is 3.02. The summed E-state index contributed by atoms with van der Waals surface area (Å²) in [7, 11) is 0. The summed E-state index contributed by atoms with van der Waals surface area (Å²) in [6.45, 7) is 1.58. The Morgan fingerprint density at radius 3 is 2.66 bits per heavy atom. The number of carbonyl (C=O) groups is 1. The van der Waals surface area contributed by atoms with Gasteiger partial charge in [-0.1, -0.05) is 35.9 Å². The van der Waals surface area contributed by atoms with Crippen molar-refractivity contribution in [1.29, 1.82) is 0 Å². The van der Waals surface area contributed by atoms with Crippen LogP contribution in [-0.2, 0) is 11.3 Å². The molecule has 11 heteroatoms. The van der Waals surface area contributed by atoms with Crippen molar-refractivity contribution in [2.45, 2.75) is 19.5 Å². The van der Waals surface area contributed by atoms with Crippen LogP contribution in [0.15, 0.2) is 65.8 Å². The molecule has 0 saturated heterocycles. The number of rotatable bonds is 6. The number of amides is 1. The third kappa shape index (κ3) is 4.08. The molecule has 1 unspecified atom stereocenters. The molecule has 0 spiro atoms. The number of aromatic nitrogens is 4. The quantitative estimate of drug-likeness (QED) is 0.354. The van der Waals surface area contributed by atoms with E-state index in [0.717, 1.165) is 10.1 Å². The lowest BCUT2D eigenvalue weighted by Gasteiger charge is -2.15. The minimum atomic E-state index is -0.531. The van der Waals surface area contributed by atoms with Gasteiger partial charge in [-0.15, -0.1) is 0 Å². The van der Waals surface area contributed by atoms with Crippen LogP contribution in [0.3, 0.4) is 0 Å². The van der Waals surface area contributed by atoms with Gasteiger partial charge in [0.2, 0.25) is 5.91 Å². The van der Waals surface area contributed by atoms with Crippen molar-refractivity contribution in [3.8, 4) is 5.69 Å². The Kier molecular flexibility index (Phi) is 5.69. The number of nitrogens with one attached hydrogen (secondary N) is 1. The molecular weight excluding hydrogens is 436 g/mol. The van der Waals surface area contributed by atoms with Crippen LogP contribution in [0.2, 0.25) is 5.02 Å². The fraction of sp³-hybridized carbons (Fsp3) is 0.143. The van der Waals surface area contributed by atoms with Crippen LogP contribution in [0.1, 0.15) is 18.5 Å². The molecule has 0 fully saturated rings. The van der Waals surface area contributed by atoms with E-state index >= 15 is 0 Å². The first-order valence-electron chi connectivity index (χ1n) is 9.57. The highest BCUT2D eigenvalue weighted by Crippen LogP contribution is 2.24. The second-order valence-corrected chi connectivity index (χ2v) is 7.49. The topological polar surface area (TPSA) is 125 Å². The summed E-state index contributed by atoms with van der Waals surface area (Å²) in [5, 5.41) is 19.0. The van der Waals surface area contributed by atoms with Crippen molar-refractivity contribution >= 4 is 34.2 Å². The predicted molar refractivity (Wildman–Crippen MR) is 118 cm³/mol. The largest absolute Gasteiger partial charge is 0.348 e. The summed E-state index contributed by atoms with van der Waals surface area (Å²) in [4.78, 5) is 40.4. The monoisotopic (exact) mass is 452 g/mol. The van der Waals surface area contributed by atoms with Gasteiger partial charge in [-0.2, -0.15) is 5.10 Å². The number of para-hydroxylation sites is 2. The summed E-state index contributed by atoms with van der Waals surface area (Å²) >= 11 is 5.89. The fourth-order valence-electron chi connectivity index (χ4n) is 3.31. The van der Waals surface area contributed by atoms with Gasteiger partial charge in [0, 0.05) is 11.1 Å². The minimum absolute atomic E-state index is 0.143. The summed E-state index contributed by atoms with van der Waals surface area (Å²) in [6, 6.07) is 12.8. The second-order valence-electron chi connectivity index (χ2n) is 7.06. The molecule has 1 amide bonds. The zero-order chi connectivity index (χ0) is 22.8. The van der Waals surface area contributed by atoms with Gasteiger partial charge in [-0.3, -0.25) is 24.3 Å². The number of hydrogen-bond acceptors (Lipinski definition) is 6. The molecule has 2 aromatic carbocycles. The Bertz CT molecular complexity index is 1380. The number of fused-ring (bicyclic) bond motifs is 1. The van der Waals surface area contributed by atoms with Crippen molar-refractivity contribution in [3.63, 3.8) is 0 Å². The molecule has 2 aromatic heterocycles. The first-order valence-corrected chi connectivity index (χ1v) is 9.94. The Morgan fingerprint density at radius 1 is 1.22 bits per heavy atom. The van der Waals surface area contributed by atoms with Crippen LogP contribution < -0.4 is 10.9 Å². The molecule has 10 nitrogen and oxygen atoms in total. The van der Waals surface area contributed by atoms with Gasteiger partial charge in [0.15, 0.2) is 5.65 Å². The van der Waals surface area contributed by atoms with Gasteiger partial charge in [0.05, 0.1) is 17.2 Å². The van der Waals surface area contributed by atoms with Gasteiger partial charge >= 0.3 is 0 Å². The number of nitro groups is 1. The molecule has 32 heavy (non-hydrogen) atoms. The van der Waals surface area contributed by atoms with Gasteiger partial charge in [0.25, 0.3) is 11.2 Å². The molecule has 4 aromatic rings. The number of benzene rings is 2. The Morgan fingerprint density at radius 2 is 1.94 bits per heavy atom. The van der Waals surface area contributed by atoms with Crippen LogP contribution in [-0.4, -0.2) is 30.2 Å². The Hall–Kier alpha value is -4.05. The van der Waals surface area contributed by atoms with Gasteiger partial charge in [-0.25, -0.2) is 9.67 Å². The molecule has 0 aliphatic heterocycles. The van der Waals surface area contributed by atoms with Crippen molar-refractivity contribution < 1.29 is 9.72 Å². The zero-order valence-electron chi connectivity index (χ0n) is 16.8. The molecule has 0 bridgehead atoms. The maximum absolute atomic E-state index is 12.9. The highest BCUT2D eigenvalue weighted by Gasteiger charge is 2.20. The highest BCUT2D eigenvalue weighted by molar-refractivity contribution is 6.30. The van der Waals surface area contributed by atoms with Crippen LogP contribution in [0.25, 0.3) is 16.7 Å². The lowest BCUT2D eigenvalue weighted by atomic mass is 10.1. The van der Waals surface area contributed by atoms with Crippen molar-refractivity contribution in [3.05, 3.63) is 92.1 Å². The first-order chi connectivity index (χ1) is 15.3. The molecule has 2 heterocycles. The summed E-state index contributed by atoms with van der Waals surface area (Å²) in [5.74, 6) is -0.373. The fourth-order valence-corrected chi connectivity index (χ4v) is 3.44. The SMILES string of the molecule is CC(NC(=O)Cn1cnc2c(cnn2-c2ccccc2[N+](=O)[O-])c1=O)c1ccc(Cl)cc1. The van der Waals surface area contributed by atoms with Crippen molar-refractivity contribution in [2.75, 3.05) is 0 Å². The molecular formula is C21H17ClN6O4. The van der Waals surface area contributed by atoms with E-state index < -0.39 is 10.5 Å². The van der Waals surface area contributed by atoms with Gasteiger partial charge in [0.1, 0.15) is 23.9 Å². The van der Waals surface area contributed by atoms with E-state index in [2.05, 4.69) is 15.4 Å². The molecule has 0 saturated carbocycles. The van der Waals surface area contributed by atoms with Crippen LogP contribution in [0.5, 0.6) is 0 Å². The highest BCUT2D eigenvalue weighted by atomic mass is 35.5. The second kappa shape index (κ2) is 8.60. The maximum Gasteiger partial charge on any atom is 0.294 e. The van der Waals surface area contributed by atoms with Gasteiger partial charge < -0.3 is 5.32 Å². The minimum Gasteiger partial charge on any atom is -0.348 e. The van der Waals surface area contributed by atoms with E-state index in [0.29, 0.717) is 5.02 Å². The number of halogens is 1. The Balaban J connectivity index is 1.59. The third-order valence-electron chi connectivity index (χ3n) is 4.92. The zero-order valence-corrected chi connectivity index (χ0v) is 17.6. The third-order valence-corrected chi connectivity index (χ3v) is 5.17. The standard InChI is InChI=1S/C21H17ClN6O4/c1-13(14-6-8-15(22)9-7-14)25-19(29)11-26-12-23-20-16(21(26)30)10-24-27(20)17-4-2-3-5-18(17)28(31)32/h2-10,12-13H,11H2,1H3,(H,25,29). The normalized spacial score (nSPS) is 11.9. The average molecular weight is 453 g/mol. The molecule has 162 valence electrons. The van der Waals surface area contributed by atoms with Crippen LogP contribution in [0.4, 0.5) is 5.69 Å². The van der Waals surface area contributed by atoms with Crippen LogP contribution in [0, 0.1) is 10.1 Å². The van der Waals surface area contributed by atoms with E-state index in [4.69, 9.17) is 11.6 Å². The summed E-state index contributed by atoms with van der Waals surface area (Å²) in [6.07, 6.45) is 2.51. The van der Waals surface area contributed by atoms with E-state index in [9.17, 15) is 19.7 Å². The average Bonchev–Trinajstić information content (AvgIpc) is 3.20. The number of hydrogen-bond donors (Lipinski definition) is 1. The van der Waals surface area contributed by atoms with Crippen LogP contribution >= 0.6 is 11.6 Å². The van der Waals surface area contributed by atoms with E-state index in [1.165, 1.54) is 35.4 Å². The number of nitrogens with zero attached hydrogens (tertiary/aromatic N) is 5. The molecule has 1 N–H and O–H groups in total. The molecule has 0 aliphatic rings. The van der Waals surface area contributed by atoms with E-state index in [1.54, 1.807) is 18.2 Å². The smallest absolute Gasteiger partial charge is 0.294 e. The number of carbonyl (C=O) groups excluding carboxylic acids is 1. The van der Waals surface area contributed by atoms with Crippen molar-refractivity contribution in [1.82, 2.24) is 24.6 Å². The molecule has 0 aliphatic carbocycles. The lowest BCUT2D eigenvalue weighted by molar-refractivity contribution is -0.384. The van der Waals surface area contributed by atoms with E-state index in [-0.39, 0.29) is 40.9 Å². The lowest BCUT2D eigenvalue weighted by Crippen LogP contribution is -2.33. The Labute approximate surface area is 186 Å². The maximum atomic E-state index is 12.9. The summed E-state index contributed by atoms with van der Waals surface area (Å²) in [5.41, 5.74) is 0.574. The van der Waals surface area contributed by atoms with Crippen molar-refractivity contribution in [2.24, 2.45) is 0 Å². The molecule has 4 rings (SSSR count). The number of nitro benzene ring substituents is 1.